The summed E-state index contributed by atoms with van der Waals surface area (Å²) in [5, 5.41) is 5.25. The summed E-state index contributed by atoms with van der Waals surface area (Å²) >= 11 is 0. The van der Waals surface area contributed by atoms with Gasteiger partial charge in [0.2, 0.25) is 0 Å². The Morgan fingerprint density at radius 2 is 1.78 bits per heavy atom. The van der Waals surface area contributed by atoms with E-state index in [1.54, 1.807) is 11.0 Å². The zero-order valence-electron chi connectivity index (χ0n) is 17.6. The molecule has 2 N–H and O–H groups in total. The van der Waals surface area contributed by atoms with Crippen LogP contribution in [0.25, 0.3) is 22.2 Å². The van der Waals surface area contributed by atoms with Crippen LogP contribution in [-0.4, -0.2) is 47.3 Å². The Kier molecular flexibility index (Phi) is 5.66. The highest BCUT2D eigenvalue weighted by atomic mass is 16.5. The van der Waals surface area contributed by atoms with Gasteiger partial charge in [0.15, 0.2) is 5.58 Å². The minimum absolute atomic E-state index is 0.0711. The fourth-order valence-corrected chi connectivity index (χ4v) is 4.09. The largest absolute Gasteiger partial charge is 0.378 e. The SMILES string of the molecule is NC(Cc1cccc(C(=O)N2CCOCC2)n1)c1ccccc1-c1noc2ccccc12. The van der Waals surface area contributed by atoms with Crippen LogP contribution in [0.2, 0.25) is 0 Å². The van der Waals surface area contributed by atoms with Crippen LogP contribution < -0.4 is 5.73 Å². The summed E-state index contributed by atoms with van der Waals surface area (Å²) < 4.78 is 10.8. The molecule has 32 heavy (non-hydrogen) atoms. The van der Waals surface area contributed by atoms with Crippen molar-refractivity contribution in [3.05, 3.63) is 83.7 Å². The number of pyridine rings is 1. The molecule has 5 rings (SSSR count). The molecule has 7 nitrogen and oxygen atoms in total. The van der Waals surface area contributed by atoms with Gasteiger partial charge < -0.3 is 19.9 Å². The molecule has 0 spiro atoms. The Balaban J connectivity index is 1.40. The number of hydrogen-bond acceptors (Lipinski definition) is 6. The maximum atomic E-state index is 12.8. The molecule has 1 fully saturated rings. The fraction of sp³-hybridized carbons (Fsp3) is 0.240. The molecule has 1 unspecified atom stereocenters. The number of ether oxygens (including phenoxy) is 1. The summed E-state index contributed by atoms with van der Waals surface area (Å²) in [5.74, 6) is -0.0711. The van der Waals surface area contributed by atoms with E-state index in [0.29, 0.717) is 38.4 Å². The number of rotatable bonds is 5. The molecule has 1 atom stereocenters. The fourth-order valence-electron chi connectivity index (χ4n) is 4.09. The third kappa shape index (κ3) is 4.00. The Morgan fingerprint density at radius 1 is 1.00 bits per heavy atom. The zero-order valence-corrected chi connectivity index (χ0v) is 17.6. The lowest BCUT2D eigenvalue weighted by atomic mass is 9.94. The molecular formula is C25H24N4O3. The topological polar surface area (TPSA) is 94.5 Å². The molecule has 7 heteroatoms. The molecule has 162 valence electrons. The monoisotopic (exact) mass is 428 g/mol. The van der Waals surface area contributed by atoms with E-state index < -0.39 is 0 Å². The van der Waals surface area contributed by atoms with E-state index in [-0.39, 0.29) is 11.9 Å². The van der Waals surface area contributed by atoms with E-state index >= 15 is 0 Å². The van der Waals surface area contributed by atoms with Crippen molar-refractivity contribution in [2.24, 2.45) is 5.73 Å². The number of fused-ring (bicyclic) bond motifs is 1. The molecule has 3 heterocycles. The van der Waals surface area contributed by atoms with E-state index in [9.17, 15) is 4.79 Å². The van der Waals surface area contributed by atoms with Crippen molar-refractivity contribution in [2.75, 3.05) is 26.3 Å². The van der Waals surface area contributed by atoms with Gasteiger partial charge in [-0.15, -0.1) is 0 Å². The van der Waals surface area contributed by atoms with Crippen LogP contribution in [0.3, 0.4) is 0 Å². The molecule has 1 saturated heterocycles. The van der Waals surface area contributed by atoms with E-state index in [4.69, 9.17) is 15.0 Å². The lowest BCUT2D eigenvalue weighted by Gasteiger charge is -2.26. The summed E-state index contributed by atoms with van der Waals surface area (Å²) in [6, 6.07) is 20.9. The van der Waals surface area contributed by atoms with Crippen molar-refractivity contribution in [3.63, 3.8) is 0 Å². The average Bonchev–Trinajstić information content (AvgIpc) is 3.28. The van der Waals surface area contributed by atoms with Crippen molar-refractivity contribution < 1.29 is 14.1 Å². The maximum Gasteiger partial charge on any atom is 0.272 e. The number of amides is 1. The van der Waals surface area contributed by atoms with E-state index in [1.807, 2.05) is 60.7 Å². The predicted molar refractivity (Wildman–Crippen MR) is 121 cm³/mol. The van der Waals surface area contributed by atoms with Gasteiger partial charge in [0.1, 0.15) is 11.4 Å². The first kappa shape index (κ1) is 20.4. The van der Waals surface area contributed by atoms with Gasteiger partial charge >= 0.3 is 0 Å². The second-order valence-electron chi connectivity index (χ2n) is 7.84. The van der Waals surface area contributed by atoms with Crippen molar-refractivity contribution in [2.45, 2.75) is 12.5 Å². The molecule has 1 amide bonds. The smallest absolute Gasteiger partial charge is 0.272 e. The molecule has 0 radical (unpaired) electrons. The quantitative estimate of drug-likeness (QED) is 0.522. The van der Waals surface area contributed by atoms with Crippen LogP contribution in [-0.2, 0) is 11.2 Å². The number of para-hydroxylation sites is 1. The number of hydrogen-bond donors (Lipinski definition) is 1. The van der Waals surface area contributed by atoms with Crippen molar-refractivity contribution >= 4 is 16.9 Å². The summed E-state index contributed by atoms with van der Waals surface area (Å²) in [6.07, 6.45) is 0.497. The summed E-state index contributed by atoms with van der Waals surface area (Å²) in [6.45, 7) is 2.29. The van der Waals surface area contributed by atoms with Gasteiger partial charge in [-0.2, -0.15) is 0 Å². The Bertz CT molecular complexity index is 1250. The van der Waals surface area contributed by atoms with Crippen LogP contribution in [0.15, 0.2) is 71.3 Å². The van der Waals surface area contributed by atoms with E-state index in [1.165, 1.54) is 0 Å². The number of morpholine rings is 1. The number of nitrogens with two attached hydrogens (primary N) is 1. The lowest BCUT2D eigenvalue weighted by molar-refractivity contribution is 0.0299. The van der Waals surface area contributed by atoms with Gasteiger partial charge in [-0.1, -0.05) is 47.6 Å². The van der Waals surface area contributed by atoms with Gasteiger partial charge in [0.05, 0.1) is 13.2 Å². The summed E-state index contributed by atoms with van der Waals surface area (Å²) in [7, 11) is 0. The summed E-state index contributed by atoms with van der Waals surface area (Å²) in [5.41, 5.74) is 11.3. The molecule has 4 aromatic rings. The first-order valence-electron chi connectivity index (χ1n) is 10.7. The van der Waals surface area contributed by atoms with Crippen molar-refractivity contribution in [3.8, 4) is 11.3 Å². The molecular weight excluding hydrogens is 404 g/mol. The minimum atomic E-state index is -0.317. The van der Waals surface area contributed by atoms with Gasteiger partial charge in [0, 0.05) is 42.2 Å². The summed E-state index contributed by atoms with van der Waals surface area (Å²) in [4.78, 5) is 19.2. The van der Waals surface area contributed by atoms with Crippen LogP contribution in [0.4, 0.5) is 0 Å². The van der Waals surface area contributed by atoms with Gasteiger partial charge in [-0.25, -0.2) is 4.98 Å². The van der Waals surface area contributed by atoms with Crippen LogP contribution in [0.5, 0.6) is 0 Å². The average molecular weight is 428 g/mol. The number of carbonyl (C=O) groups excluding carboxylic acids is 1. The number of carbonyl (C=O) groups is 1. The molecule has 1 aliphatic heterocycles. The Hall–Kier alpha value is -3.55. The minimum Gasteiger partial charge on any atom is -0.378 e. The Labute approximate surface area is 185 Å². The van der Waals surface area contributed by atoms with Crippen LogP contribution >= 0.6 is 0 Å². The molecule has 0 bridgehead atoms. The third-order valence-corrected chi connectivity index (χ3v) is 5.75. The van der Waals surface area contributed by atoms with Crippen molar-refractivity contribution in [1.82, 2.24) is 15.0 Å². The highest BCUT2D eigenvalue weighted by Gasteiger charge is 2.21. The second kappa shape index (κ2) is 8.90. The van der Waals surface area contributed by atoms with Crippen LogP contribution in [0, 0.1) is 0 Å². The van der Waals surface area contributed by atoms with Gasteiger partial charge in [-0.3, -0.25) is 4.79 Å². The first-order chi connectivity index (χ1) is 15.7. The molecule has 1 aliphatic rings. The zero-order chi connectivity index (χ0) is 21.9. The first-order valence-corrected chi connectivity index (χ1v) is 10.7. The maximum absolute atomic E-state index is 12.8. The lowest BCUT2D eigenvalue weighted by Crippen LogP contribution is -2.41. The normalized spacial score (nSPS) is 15.1. The number of benzene rings is 2. The standard InChI is InChI=1S/C25H24N4O3/c26-21(16-17-6-5-10-22(27-17)25(30)29-12-14-31-15-13-29)18-7-1-2-8-19(18)24-20-9-3-4-11-23(20)32-28-24/h1-11,21H,12-16,26H2. The van der Waals surface area contributed by atoms with Gasteiger partial charge in [0.25, 0.3) is 5.91 Å². The van der Waals surface area contributed by atoms with E-state index in [2.05, 4.69) is 10.1 Å². The highest BCUT2D eigenvalue weighted by molar-refractivity contribution is 5.93. The third-order valence-electron chi connectivity index (χ3n) is 5.75. The molecule has 2 aromatic heterocycles. The highest BCUT2D eigenvalue weighted by Crippen LogP contribution is 2.33. The predicted octanol–water partition coefficient (Wildman–Crippen LogP) is 3.60. The second-order valence-corrected chi connectivity index (χ2v) is 7.84. The number of nitrogens with zero attached hydrogens (tertiary/aromatic N) is 3. The number of aromatic nitrogens is 2. The van der Waals surface area contributed by atoms with Gasteiger partial charge in [-0.05, 0) is 29.8 Å². The van der Waals surface area contributed by atoms with E-state index in [0.717, 1.165) is 33.5 Å². The van der Waals surface area contributed by atoms with Crippen LogP contribution in [0.1, 0.15) is 27.8 Å². The molecule has 0 aliphatic carbocycles. The molecule has 0 saturated carbocycles. The molecule has 2 aromatic carbocycles. The Morgan fingerprint density at radius 3 is 2.66 bits per heavy atom. The van der Waals surface area contributed by atoms with Crippen molar-refractivity contribution in [1.29, 1.82) is 0 Å².